The number of hydrogen-bond donors (Lipinski definition) is 2. The molecule has 2 aliphatic heterocycles. The monoisotopic (exact) mass is 530 g/mol. The molecule has 39 heavy (non-hydrogen) atoms. The molecule has 3 aromatic rings. The van der Waals surface area contributed by atoms with Crippen LogP contribution in [0.5, 0.6) is 0 Å². The predicted octanol–water partition coefficient (Wildman–Crippen LogP) is 3.39. The molecule has 0 radical (unpaired) electrons. The van der Waals surface area contributed by atoms with E-state index in [9.17, 15) is 9.59 Å². The molecule has 5 rings (SSSR count). The lowest BCUT2D eigenvalue weighted by Gasteiger charge is -2.35. The van der Waals surface area contributed by atoms with E-state index in [1.165, 1.54) is 0 Å². The summed E-state index contributed by atoms with van der Waals surface area (Å²) in [5.41, 5.74) is 3.33. The Kier molecular flexibility index (Phi) is 8.16. The van der Waals surface area contributed by atoms with Crippen LogP contribution < -0.4 is 20.4 Å². The number of anilines is 4. The molecule has 0 bridgehead atoms. The molecule has 2 N–H and O–H groups in total. The largest absolute Gasteiger partial charge is 0.378 e. The van der Waals surface area contributed by atoms with Crippen molar-refractivity contribution in [2.75, 3.05) is 72.9 Å². The van der Waals surface area contributed by atoms with Crippen LogP contribution in [0.15, 0.2) is 48.5 Å². The van der Waals surface area contributed by atoms with E-state index in [4.69, 9.17) is 19.7 Å². The lowest BCUT2D eigenvalue weighted by atomic mass is 10.2. The molecule has 1 aromatic heterocycles. The van der Waals surface area contributed by atoms with Crippen molar-refractivity contribution in [1.82, 2.24) is 19.9 Å². The van der Waals surface area contributed by atoms with Crippen LogP contribution in [0.2, 0.25) is 0 Å². The van der Waals surface area contributed by atoms with Crippen LogP contribution in [-0.2, 0) is 9.53 Å². The second kappa shape index (κ2) is 12.1. The van der Waals surface area contributed by atoms with Crippen molar-refractivity contribution in [2.24, 2.45) is 0 Å². The fourth-order valence-electron chi connectivity index (χ4n) is 4.54. The van der Waals surface area contributed by atoms with E-state index in [1.54, 1.807) is 0 Å². The van der Waals surface area contributed by atoms with Crippen LogP contribution >= 0.6 is 0 Å². The third-order valence-corrected chi connectivity index (χ3v) is 6.83. The molecule has 3 amide bonds. The van der Waals surface area contributed by atoms with Crippen LogP contribution in [0.4, 0.5) is 28.1 Å². The normalized spacial score (nSPS) is 15.7. The third kappa shape index (κ3) is 6.61. The van der Waals surface area contributed by atoms with E-state index in [0.717, 1.165) is 16.8 Å². The highest BCUT2D eigenvalue weighted by Gasteiger charge is 2.24. The number of benzene rings is 2. The number of piperazine rings is 1. The molecular formula is C28H34N8O3. The number of hydrogen-bond acceptors (Lipinski definition) is 8. The summed E-state index contributed by atoms with van der Waals surface area (Å²) in [6, 6.07) is 14.8. The Morgan fingerprint density at radius 3 is 1.87 bits per heavy atom. The Morgan fingerprint density at radius 1 is 0.769 bits per heavy atom. The maximum absolute atomic E-state index is 12.4. The van der Waals surface area contributed by atoms with E-state index in [-0.39, 0.29) is 11.9 Å². The highest BCUT2D eigenvalue weighted by atomic mass is 16.5. The molecule has 0 saturated carbocycles. The summed E-state index contributed by atoms with van der Waals surface area (Å²) in [5, 5.41) is 5.70. The van der Waals surface area contributed by atoms with Crippen LogP contribution in [0.1, 0.15) is 18.9 Å². The Hall–Kier alpha value is -4.25. The first-order chi connectivity index (χ1) is 19.0. The molecule has 11 heteroatoms. The van der Waals surface area contributed by atoms with Gasteiger partial charge in [-0.3, -0.25) is 4.79 Å². The van der Waals surface area contributed by atoms with Gasteiger partial charge in [-0.05, 0) is 43.3 Å². The summed E-state index contributed by atoms with van der Waals surface area (Å²) in [7, 11) is 0. The number of amides is 3. The van der Waals surface area contributed by atoms with E-state index < -0.39 is 0 Å². The lowest BCUT2D eigenvalue weighted by Crippen LogP contribution is -2.49. The number of carbonyl (C=O) groups excluding carboxylic acids is 2. The van der Waals surface area contributed by atoms with Crippen LogP contribution in [0.3, 0.4) is 0 Å². The van der Waals surface area contributed by atoms with Gasteiger partial charge >= 0.3 is 6.03 Å². The van der Waals surface area contributed by atoms with Gasteiger partial charge in [0.25, 0.3) is 0 Å². The number of urea groups is 1. The number of nitrogens with zero attached hydrogens (tertiary/aromatic N) is 6. The third-order valence-electron chi connectivity index (χ3n) is 6.83. The number of rotatable bonds is 6. The van der Waals surface area contributed by atoms with Gasteiger partial charge in [-0.1, -0.05) is 24.6 Å². The SMILES string of the molecule is CCC(=O)N1CCN(c2nc(-c3ccc(NC(=O)Nc4ccc(C)cc4)cc3)nc(N3CCOCC3)n2)CC1. The Balaban J connectivity index is 1.33. The van der Waals surface area contributed by atoms with Crippen molar-refractivity contribution < 1.29 is 14.3 Å². The van der Waals surface area contributed by atoms with Crippen LogP contribution in [0, 0.1) is 6.92 Å². The molecule has 0 spiro atoms. The van der Waals surface area contributed by atoms with Gasteiger partial charge < -0.3 is 30.1 Å². The summed E-state index contributed by atoms with van der Waals surface area (Å²) in [5.74, 6) is 1.94. The van der Waals surface area contributed by atoms with E-state index in [1.807, 2.05) is 67.3 Å². The van der Waals surface area contributed by atoms with E-state index in [2.05, 4.69) is 20.4 Å². The van der Waals surface area contributed by atoms with Gasteiger partial charge in [-0.15, -0.1) is 0 Å². The first-order valence-electron chi connectivity index (χ1n) is 13.3. The van der Waals surface area contributed by atoms with E-state index in [0.29, 0.717) is 82.3 Å². The zero-order valence-electron chi connectivity index (χ0n) is 22.4. The maximum Gasteiger partial charge on any atom is 0.323 e. The molecule has 0 aliphatic carbocycles. The number of aryl methyl sites for hydroxylation is 1. The molecule has 3 heterocycles. The summed E-state index contributed by atoms with van der Waals surface area (Å²) in [4.78, 5) is 45.1. The number of morpholine rings is 1. The van der Waals surface area contributed by atoms with Gasteiger partial charge in [0.15, 0.2) is 5.82 Å². The van der Waals surface area contributed by atoms with Crippen molar-refractivity contribution in [1.29, 1.82) is 0 Å². The van der Waals surface area contributed by atoms with Gasteiger partial charge in [0.1, 0.15) is 0 Å². The van der Waals surface area contributed by atoms with Crippen molar-refractivity contribution >= 4 is 35.2 Å². The Morgan fingerprint density at radius 2 is 1.31 bits per heavy atom. The Labute approximate surface area is 228 Å². The molecule has 204 valence electrons. The predicted molar refractivity (Wildman–Crippen MR) is 151 cm³/mol. The zero-order chi connectivity index (χ0) is 27.2. The van der Waals surface area contributed by atoms with Crippen LogP contribution in [-0.4, -0.2) is 84.3 Å². The number of carbonyl (C=O) groups is 2. The fraction of sp³-hybridized carbons (Fsp3) is 0.393. The molecule has 2 fully saturated rings. The zero-order valence-corrected chi connectivity index (χ0v) is 22.4. The number of aromatic nitrogens is 3. The van der Waals surface area contributed by atoms with Crippen LogP contribution in [0.25, 0.3) is 11.4 Å². The molecule has 0 atom stereocenters. The molecule has 2 saturated heterocycles. The standard InChI is InChI=1S/C28H34N8O3/c1-3-24(37)34-12-14-35(15-13-34)26-31-25(32-27(33-26)36-16-18-39-19-17-36)21-6-10-23(11-7-21)30-28(38)29-22-8-4-20(2)5-9-22/h4-11H,3,12-19H2,1-2H3,(H2,29,30,38). The minimum atomic E-state index is -0.315. The van der Waals surface area contributed by atoms with Crippen molar-refractivity contribution in [3.8, 4) is 11.4 Å². The highest BCUT2D eigenvalue weighted by Crippen LogP contribution is 2.24. The van der Waals surface area contributed by atoms with Gasteiger partial charge in [-0.25, -0.2) is 4.79 Å². The second-order valence-corrected chi connectivity index (χ2v) is 9.60. The van der Waals surface area contributed by atoms with Gasteiger partial charge in [-0.2, -0.15) is 15.0 Å². The van der Waals surface area contributed by atoms with Crippen molar-refractivity contribution in [2.45, 2.75) is 20.3 Å². The number of nitrogens with one attached hydrogen (secondary N) is 2. The van der Waals surface area contributed by atoms with Gasteiger partial charge in [0, 0.05) is 62.6 Å². The molecule has 0 unspecified atom stereocenters. The molecule has 11 nitrogen and oxygen atoms in total. The average Bonchev–Trinajstić information content (AvgIpc) is 2.98. The topological polar surface area (TPSA) is 116 Å². The maximum atomic E-state index is 12.4. The Bertz CT molecular complexity index is 1290. The molecule has 2 aliphatic rings. The average molecular weight is 531 g/mol. The summed E-state index contributed by atoms with van der Waals surface area (Å²) >= 11 is 0. The van der Waals surface area contributed by atoms with Gasteiger partial charge in [0.2, 0.25) is 17.8 Å². The molecular weight excluding hydrogens is 496 g/mol. The quantitative estimate of drug-likeness (QED) is 0.498. The lowest BCUT2D eigenvalue weighted by molar-refractivity contribution is -0.131. The van der Waals surface area contributed by atoms with Crippen molar-refractivity contribution in [3.05, 3.63) is 54.1 Å². The minimum absolute atomic E-state index is 0.168. The number of ether oxygens (including phenoxy) is 1. The van der Waals surface area contributed by atoms with E-state index >= 15 is 0 Å². The molecule has 2 aromatic carbocycles. The highest BCUT2D eigenvalue weighted by molar-refractivity contribution is 5.99. The summed E-state index contributed by atoms with van der Waals surface area (Å²) in [6.45, 7) is 9.17. The summed E-state index contributed by atoms with van der Waals surface area (Å²) < 4.78 is 5.51. The van der Waals surface area contributed by atoms with Crippen molar-refractivity contribution in [3.63, 3.8) is 0 Å². The first-order valence-corrected chi connectivity index (χ1v) is 13.3. The second-order valence-electron chi connectivity index (χ2n) is 9.60. The smallest absolute Gasteiger partial charge is 0.323 e. The first kappa shape index (κ1) is 26.4. The van der Waals surface area contributed by atoms with Gasteiger partial charge in [0.05, 0.1) is 13.2 Å². The fourth-order valence-corrected chi connectivity index (χ4v) is 4.54. The minimum Gasteiger partial charge on any atom is -0.378 e. The summed E-state index contributed by atoms with van der Waals surface area (Å²) in [6.07, 6.45) is 0.509.